The van der Waals surface area contributed by atoms with Gasteiger partial charge >= 0.3 is 0 Å². The smallest absolute Gasteiger partial charge is 0.134 e. The number of ether oxygens (including phenoxy) is 1. The van der Waals surface area contributed by atoms with Crippen LogP contribution in [0.4, 0.5) is 0 Å². The van der Waals surface area contributed by atoms with E-state index >= 15 is 0 Å². The number of aliphatic hydroxyl groups excluding tert-OH is 3. The van der Waals surface area contributed by atoms with Crippen molar-refractivity contribution in [3.63, 3.8) is 0 Å². The fourth-order valence-electron chi connectivity index (χ4n) is 1.81. The first-order valence-corrected chi connectivity index (χ1v) is 5.91. The summed E-state index contributed by atoms with van der Waals surface area (Å²) in [7, 11) is 0. The van der Waals surface area contributed by atoms with E-state index in [-0.39, 0.29) is 12.0 Å². The minimum Gasteiger partial charge on any atom is -0.394 e. The molecule has 5 atom stereocenters. The van der Waals surface area contributed by atoms with Crippen molar-refractivity contribution in [2.45, 2.75) is 43.1 Å². The summed E-state index contributed by atoms with van der Waals surface area (Å²) in [5.74, 6) is 0. The molecule has 2 aliphatic rings. The zero-order valence-corrected chi connectivity index (χ0v) is 9.22. The Labute approximate surface area is 92.2 Å². The number of rotatable bonds is 2. The van der Waals surface area contributed by atoms with Crippen molar-refractivity contribution in [1.82, 2.24) is 0 Å². The van der Waals surface area contributed by atoms with Crippen LogP contribution in [0.25, 0.3) is 0 Å². The molecule has 0 bridgehead atoms. The van der Waals surface area contributed by atoms with Crippen molar-refractivity contribution >= 4 is 16.8 Å². The molecule has 3 unspecified atom stereocenters. The van der Waals surface area contributed by atoms with Crippen molar-refractivity contribution in [3.05, 3.63) is 0 Å². The van der Waals surface area contributed by atoms with Crippen molar-refractivity contribution in [1.29, 1.82) is 0 Å². The topological polar surface area (TPSA) is 82.3 Å². The lowest BCUT2D eigenvalue weighted by atomic mass is 9.99. The molecule has 2 aliphatic heterocycles. The summed E-state index contributed by atoms with van der Waals surface area (Å²) >= 11 is 1.47. The van der Waals surface area contributed by atoms with Crippen molar-refractivity contribution in [2.24, 2.45) is 4.99 Å². The molecular formula is C9H15NO4S. The average molecular weight is 233 g/mol. The van der Waals surface area contributed by atoms with Gasteiger partial charge in [-0.15, -0.1) is 0 Å². The summed E-state index contributed by atoms with van der Waals surface area (Å²) in [6.45, 7) is 1.69. The molecule has 0 spiro atoms. The van der Waals surface area contributed by atoms with Crippen molar-refractivity contribution < 1.29 is 20.1 Å². The van der Waals surface area contributed by atoms with Crippen LogP contribution in [0.15, 0.2) is 4.99 Å². The molecule has 1 fully saturated rings. The Morgan fingerprint density at radius 3 is 2.73 bits per heavy atom. The largest absolute Gasteiger partial charge is 0.394 e. The summed E-state index contributed by atoms with van der Waals surface area (Å²) in [4.78, 5) is 4.29. The fourth-order valence-corrected chi connectivity index (χ4v) is 2.98. The van der Waals surface area contributed by atoms with Crippen molar-refractivity contribution in [2.75, 3.05) is 6.61 Å². The van der Waals surface area contributed by atoms with Crippen LogP contribution in [-0.2, 0) is 4.74 Å². The molecule has 86 valence electrons. The molecule has 0 aromatic carbocycles. The number of aliphatic imine (C=N–C) groups is 1. The summed E-state index contributed by atoms with van der Waals surface area (Å²) in [5.41, 5.74) is -0.268. The molecule has 2 heterocycles. The van der Waals surface area contributed by atoms with Crippen molar-refractivity contribution in [3.8, 4) is 0 Å². The number of thioether (sulfide) groups is 1. The van der Waals surface area contributed by atoms with Crippen LogP contribution in [-0.4, -0.2) is 56.8 Å². The van der Waals surface area contributed by atoms with E-state index < -0.39 is 24.4 Å². The molecule has 5 nitrogen and oxygen atoms in total. The highest BCUT2D eigenvalue weighted by molar-refractivity contribution is 8.14. The molecule has 0 aliphatic carbocycles. The molecular weight excluding hydrogens is 218 g/mol. The maximum Gasteiger partial charge on any atom is 0.134 e. The van der Waals surface area contributed by atoms with Gasteiger partial charge < -0.3 is 20.1 Å². The Morgan fingerprint density at radius 2 is 2.13 bits per heavy atom. The Kier molecular flexibility index (Phi) is 3.32. The second-order valence-electron chi connectivity index (χ2n) is 3.69. The predicted octanol–water partition coefficient (Wildman–Crippen LogP) is -0.651. The van der Waals surface area contributed by atoms with Gasteiger partial charge in [0, 0.05) is 0 Å². The third-order valence-electron chi connectivity index (χ3n) is 2.70. The number of fused-ring (bicyclic) bond motifs is 1. The third kappa shape index (κ3) is 1.92. The highest BCUT2D eigenvalue weighted by Crippen LogP contribution is 2.37. The standard InChI is InChI=1S/C9H15NO4S/c1-2-5-10-6-8(13)7(12)4(3-11)14-9(6)15-5/h4,6-9,11-13H,2-3H2,1H3/t4?,6?,7-,8?,9-/m1/s1. The normalized spacial score (nSPS) is 45.1. The first-order valence-electron chi connectivity index (χ1n) is 5.03. The maximum absolute atomic E-state index is 9.80. The van der Waals surface area contributed by atoms with Crippen LogP contribution in [0.3, 0.4) is 0 Å². The number of aliphatic hydroxyl groups is 3. The molecule has 6 heteroatoms. The lowest BCUT2D eigenvalue weighted by molar-refractivity contribution is -0.164. The fraction of sp³-hybridized carbons (Fsp3) is 0.889. The minimum atomic E-state index is -1.06. The van der Waals surface area contributed by atoms with Gasteiger partial charge in [0.05, 0.1) is 11.7 Å². The van der Waals surface area contributed by atoms with E-state index in [1.54, 1.807) is 0 Å². The van der Waals surface area contributed by atoms with Crippen LogP contribution in [0.1, 0.15) is 13.3 Å². The molecule has 1 saturated heterocycles. The van der Waals surface area contributed by atoms with Crippen LogP contribution >= 0.6 is 11.8 Å². The molecule has 2 rings (SSSR count). The van der Waals surface area contributed by atoms with Gasteiger partial charge in [0.25, 0.3) is 0 Å². The zero-order chi connectivity index (χ0) is 11.0. The Hall–Kier alpha value is -0.140. The lowest BCUT2D eigenvalue weighted by Gasteiger charge is -2.37. The zero-order valence-electron chi connectivity index (χ0n) is 8.41. The van der Waals surface area contributed by atoms with Gasteiger partial charge in [0.15, 0.2) is 0 Å². The van der Waals surface area contributed by atoms with E-state index in [4.69, 9.17) is 9.84 Å². The Morgan fingerprint density at radius 1 is 1.40 bits per heavy atom. The quantitative estimate of drug-likeness (QED) is 0.590. The van der Waals surface area contributed by atoms with Gasteiger partial charge in [-0.1, -0.05) is 18.7 Å². The second kappa shape index (κ2) is 4.39. The minimum absolute atomic E-state index is 0.268. The van der Waals surface area contributed by atoms with E-state index in [1.807, 2.05) is 6.92 Å². The van der Waals surface area contributed by atoms with Crippen LogP contribution < -0.4 is 0 Å². The SMILES string of the molecule is CCC1=NC2C(O)[C@H](O)C(CO)O[C@@H]2S1. The highest BCUT2D eigenvalue weighted by Gasteiger charge is 2.47. The van der Waals surface area contributed by atoms with Gasteiger partial charge in [-0.25, -0.2) is 0 Å². The molecule has 3 N–H and O–H groups in total. The Balaban J connectivity index is 2.12. The molecule has 15 heavy (non-hydrogen) atoms. The highest BCUT2D eigenvalue weighted by atomic mass is 32.2. The van der Waals surface area contributed by atoms with Crippen LogP contribution in [0.5, 0.6) is 0 Å². The van der Waals surface area contributed by atoms with E-state index in [9.17, 15) is 10.2 Å². The molecule has 0 saturated carbocycles. The lowest BCUT2D eigenvalue weighted by Crippen LogP contribution is -2.55. The predicted molar refractivity (Wildman–Crippen MR) is 56.9 cm³/mol. The van der Waals surface area contributed by atoms with Crippen LogP contribution in [0.2, 0.25) is 0 Å². The number of nitrogens with zero attached hydrogens (tertiary/aromatic N) is 1. The van der Waals surface area contributed by atoms with E-state index in [2.05, 4.69) is 4.99 Å². The third-order valence-corrected chi connectivity index (χ3v) is 3.98. The van der Waals surface area contributed by atoms with Crippen LogP contribution in [0, 0.1) is 0 Å². The van der Waals surface area contributed by atoms with E-state index in [0.29, 0.717) is 0 Å². The molecule has 0 amide bonds. The van der Waals surface area contributed by atoms with E-state index in [0.717, 1.165) is 11.5 Å². The Bertz CT molecular complexity index is 273. The van der Waals surface area contributed by atoms with Gasteiger partial charge in [0.1, 0.15) is 29.8 Å². The first kappa shape index (κ1) is 11.3. The van der Waals surface area contributed by atoms with Gasteiger partial charge in [-0.3, -0.25) is 4.99 Å². The molecule has 0 aromatic heterocycles. The van der Waals surface area contributed by atoms with E-state index in [1.165, 1.54) is 11.8 Å². The molecule has 0 radical (unpaired) electrons. The summed E-state index contributed by atoms with van der Waals surface area (Å²) in [5, 5.41) is 29.3. The summed E-state index contributed by atoms with van der Waals surface area (Å²) in [6.07, 6.45) is -1.91. The summed E-state index contributed by atoms with van der Waals surface area (Å²) < 4.78 is 5.46. The first-order chi connectivity index (χ1) is 7.17. The number of hydrogen-bond acceptors (Lipinski definition) is 6. The second-order valence-corrected chi connectivity index (χ2v) is 4.86. The van der Waals surface area contributed by atoms with Gasteiger partial charge in [-0.05, 0) is 6.42 Å². The molecule has 0 aromatic rings. The number of hydrogen-bond donors (Lipinski definition) is 3. The monoisotopic (exact) mass is 233 g/mol. The van der Waals surface area contributed by atoms with Gasteiger partial charge in [-0.2, -0.15) is 0 Å². The maximum atomic E-state index is 9.80. The van der Waals surface area contributed by atoms with Gasteiger partial charge in [0.2, 0.25) is 0 Å². The summed E-state index contributed by atoms with van der Waals surface area (Å²) in [6, 6.07) is -0.400. The average Bonchev–Trinajstić information content (AvgIpc) is 2.66.